The highest BCUT2D eigenvalue weighted by Gasteiger charge is 2.10. The molecule has 1 aromatic carbocycles. The maximum absolute atomic E-state index is 5.60. The molecule has 0 spiro atoms. The van der Waals surface area contributed by atoms with E-state index in [4.69, 9.17) is 10.5 Å². The number of hydrogen-bond acceptors (Lipinski definition) is 3. The molecule has 0 aliphatic heterocycles. The predicted octanol–water partition coefficient (Wildman–Crippen LogP) is 3.15. The van der Waals surface area contributed by atoms with E-state index in [1.54, 1.807) is 0 Å². The van der Waals surface area contributed by atoms with Crippen molar-refractivity contribution in [2.24, 2.45) is 5.73 Å². The largest absolute Gasteiger partial charge is 0.488 e. The molecule has 0 aromatic heterocycles. The molecule has 1 aromatic rings. The molecule has 0 fully saturated rings. The van der Waals surface area contributed by atoms with Gasteiger partial charge in [-0.15, -0.1) is 0 Å². The fourth-order valence-electron chi connectivity index (χ4n) is 1.15. The van der Waals surface area contributed by atoms with E-state index in [9.17, 15) is 0 Å². The van der Waals surface area contributed by atoms with Crippen LogP contribution in [0.25, 0.3) is 0 Å². The maximum Gasteiger partial charge on any atom is 0.120 e. The topological polar surface area (TPSA) is 47.3 Å². The van der Waals surface area contributed by atoms with Crippen LogP contribution in [0.2, 0.25) is 0 Å². The van der Waals surface area contributed by atoms with Gasteiger partial charge in [0.15, 0.2) is 0 Å². The summed E-state index contributed by atoms with van der Waals surface area (Å²) in [4.78, 5) is 0. The van der Waals surface area contributed by atoms with E-state index in [-0.39, 0.29) is 11.1 Å². The lowest BCUT2D eigenvalue weighted by molar-refractivity contribution is 0.131. The van der Waals surface area contributed by atoms with Gasteiger partial charge in [0.1, 0.15) is 11.4 Å². The lowest BCUT2D eigenvalue weighted by Crippen LogP contribution is -2.39. The Balaban J connectivity index is 0.000000360. The summed E-state index contributed by atoms with van der Waals surface area (Å²) in [6.07, 6.45) is 0. The van der Waals surface area contributed by atoms with Gasteiger partial charge in [0, 0.05) is 12.2 Å². The van der Waals surface area contributed by atoms with E-state index in [0.717, 1.165) is 5.75 Å². The fourth-order valence-corrected chi connectivity index (χ4v) is 1.15. The summed E-state index contributed by atoms with van der Waals surface area (Å²) in [6.45, 7) is 12.9. The van der Waals surface area contributed by atoms with Gasteiger partial charge in [-0.25, -0.2) is 0 Å². The highest BCUT2D eigenvalue weighted by molar-refractivity contribution is 5.21. The van der Waals surface area contributed by atoms with Crippen molar-refractivity contribution in [3.8, 4) is 5.75 Å². The zero-order valence-electron chi connectivity index (χ0n) is 12.6. The molecule has 1 rings (SSSR count). The summed E-state index contributed by atoms with van der Waals surface area (Å²) in [5.74, 6) is 0.931. The highest BCUT2D eigenvalue weighted by Crippen LogP contribution is 2.16. The normalized spacial score (nSPS) is 11.5. The van der Waals surface area contributed by atoms with Crippen LogP contribution in [0.15, 0.2) is 30.3 Å². The molecule has 3 heteroatoms. The molecule has 3 N–H and O–H groups in total. The first-order valence-electron chi connectivity index (χ1n) is 6.33. The molecule has 0 bridgehead atoms. The molecule has 0 saturated heterocycles. The zero-order valence-corrected chi connectivity index (χ0v) is 12.6. The molecule has 0 aliphatic rings. The second-order valence-electron chi connectivity index (χ2n) is 6.16. The van der Waals surface area contributed by atoms with Crippen molar-refractivity contribution in [1.29, 1.82) is 0 Å². The van der Waals surface area contributed by atoms with Crippen molar-refractivity contribution in [2.45, 2.75) is 52.7 Å². The second kappa shape index (κ2) is 7.39. The number of nitrogens with two attached hydrogens (primary N) is 1. The number of rotatable bonds is 2. The van der Waals surface area contributed by atoms with Crippen LogP contribution in [0.1, 0.15) is 41.5 Å². The van der Waals surface area contributed by atoms with Crippen LogP contribution in [-0.4, -0.2) is 17.8 Å². The van der Waals surface area contributed by atoms with Crippen LogP contribution in [0.5, 0.6) is 5.75 Å². The number of benzene rings is 1. The van der Waals surface area contributed by atoms with Gasteiger partial charge >= 0.3 is 0 Å². The fraction of sp³-hybridized carbons (Fsp3) is 0.600. The molecule has 0 unspecified atom stereocenters. The van der Waals surface area contributed by atoms with Gasteiger partial charge in [-0.2, -0.15) is 0 Å². The van der Waals surface area contributed by atoms with E-state index in [1.165, 1.54) is 0 Å². The number of ether oxygens (including phenoxy) is 1. The van der Waals surface area contributed by atoms with E-state index in [0.29, 0.717) is 6.67 Å². The summed E-state index contributed by atoms with van der Waals surface area (Å²) in [6, 6.07) is 9.86. The minimum atomic E-state index is -0.0959. The van der Waals surface area contributed by atoms with Crippen LogP contribution in [0, 0.1) is 0 Å². The molecule has 0 heterocycles. The Morgan fingerprint density at radius 2 is 1.50 bits per heavy atom. The van der Waals surface area contributed by atoms with Crippen LogP contribution in [0.3, 0.4) is 0 Å². The van der Waals surface area contributed by atoms with Crippen molar-refractivity contribution in [3.63, 3.8) is 0 Å². The van der Waals surface area contributed by atoms with Crippen molar-refractivity contribution in [2.75, 3.05) is 6.67 Å². The second-order valence-corrected chi connectivity index (χ2v) is 6.16. The van der Waals surface area contributed by atoms with Crippen molar-refractivity contribution in [1.82, 2.24) is 5.32 Å². The third-order valence-electron chi connectivity index (χ3n) is 1.80. The summed E-state index contributed by atoms with van der Waals surface area (Å²) < 4.78 is 5.60. The van der Waals surface area contributed by atoms with Gasteiger partial charge < -0.3 is 10.5 Å². The monoisotopic (exact) mass is 252 g/mol. The van der Waals surface area contributed by atoms with Crippen LogP contribution in [-0.2, 0) is 0 Å². The Bertz CT molecular complexity index is 310. The van der Waals surface area contributed by atoms with Gasteiger partial charge in [-0.3, -0.25) is 5.32 Å². The van der Waals surface area contributed by atoms with Gasteiger partial charge in [0.05, 0.1) is 0 Å². The lowest BCUT2D eigenvalue weighted by Gasteiger charge is -2.20. The van der Waals surface area contributed by atoms with Crippen molar-refractivity contribution >= 4 is 0 Å². The minimum absolute atomic E-state index is 0.0959. The highest BCUT2D eigenvalue weighted by atomic mass is 16.5. The molecule has 0 atom stereocenters. The van der Waals surface area contributed by atoms with E-state index >= 15 is 0 Å². The van der Waals surface area contributed by atoms with Crippen LogP contribution < -0.4 is 15.8 Å². The number of hydrogen-bond donors (Lipinski definition) is 2. The average molecular weight is 252 g/mol. The van der Waals surface area contributed by atoms with Gasteiger partial charge in [0.25, 0.3) is 0 Å². The van der Waals surface area contributed by atoms with Crippen LogP contribution in [0.4, 0.5) is 0 Å². The molecule has 0 aliphatic carbocycles. The van der Waals surface area contributed by atoms with Crippen molar-refractivity contribution in [3.05, 3.63) is 30.3 Å². The number of nitrogens with one attached hydrogen (secondary N) is 1. The van der Waals surface area contributed by atoms with Crippen molar-refractivity contribution < 1.29 is 4.74 Å². The average Bonchev–Trinajstić information content (AvgIpc) is 2.15. The Morgan fingerprint density at radius 1 is 1.00 bits per heavy atom. The standard InChI is InChI=1S/C10H14O.C5H14N2/c1-10(2,3)11-9-7-5-4-6-8-9;1-5(2,3)7-4-6/h4-8H,1-3H3;7H,4,6H2,1-3H3. The summed E-state index contributed by atoms with van der Waals surface area (Å²) in [5, 5.41) is 3.06. The molecule has 0 radical (unpaired) electrons. The Morgan fingerprint density at radius 3 is 1.78 bits per heavy atom. The molecule has 0 amide bonds. The number of para-hydroxylation sites is 1. The molecule has 3 nitrogen and oxygen atoms in total. The Labute approximate surface area is 112 Å². The van der Waals surface area contributed by atoms with Gasteiger partial charge in [0.2, 0.25) is 0 Å². The maximum atomic E-state index is 5.60. The first-order valence-corrected chi connectivity index (χ1v) is 6.33. The molecule has 18 heavy (non-hydrogen) atoms. The summed E-state index contributed by atoms with van der Waals surface area (Å²) in [5.41, 5.74) is 5.28. The smallest absolute Gasteiger partial charge is 0.120 e. The molecule has 104 valence electrons. The molecular formula is C15H28N2O. The zero-order chi connectivity index (χ0) is 14.2. The van der Waals surface area contributed by atoms with Gasteiger partial charge in [-0.05, 0) is 53.7 Å². The van der Waals surface area contributed by atoms with E-state index < -0.39 is 0 Å². The predicted molar refractivity (Wildman–Crippen MR) is 78.8 cm³/mol. The quantitative estimate of drug-likeness (QED) is 0.795. The molecular weight excluding hydrogens is 224 g/mol. The third kappa shape index (κ3) is 11.4. The van der Waals surface area contributed by atoms with Crippen LogP contribution >= 0.6 is 0 Å². The van der Waals surface area contributed by atoms with E-state index in [1.807, 2.05) is 51.1 Å². The first kappa shape index (κ1) is 16.9. The Kier molecular flexibility index (Phi) is 6.96. The first-order chi connectivity index (χ1) is 8.14. The third-order valence-corrected chi connectivity index (χ3v) is 1.80. The lowest BCUT2D eigenvalue weighted by atomic mass is 10.1. The molecule has 0 saturated carbocycles. The minimum Gasteiger partial charge on any atom is -0.488 e. The SMILES string of the molecule is CC(C)(C)NCN.CC(C)(C)Oc1ccccc1. The Hall–Kier alpha value is -1.06. The van der Waals surface area contributed by atoms with Gasteiger partial charge in [-0.1, -0.05) is 18.2 Å². The summed E-state index contributed by atoms with van der Waals surface area (Å²) in [7, 11) is 0. The van der Waals surface area contributed by atoms with E-state index in [2.05, 4.69) is 26.1 Å². The summed E-state index contributed by atoms with van der Waals surface area (Å²) >= 11 is 0.